The SMILES string of the molecule is O=S(=O)(Cc1ccccc1)N[C@H]1C[C@@H](OCc2ccccc2)[C@@H](OCc2ccccc2)[C@@H](COCc2ccccc2)O1. The summed E-state index contributed by atoms with van der Waals surface area (Å²) in [5.74, 6) is -0.146. The molecule has 0 aromatic heterocycles. The predicted octanol–water partition coefficient (Wildman–Crippen LogP) is 5.61. The molecule has 1 N–H and O–H groups in total. The first-order valence-electron chi connectivity index (χ1n) is 14.2. The van der Waals surface area contributed by atoms with Gasteiger partial charge in [-0.25, -0.2) is 8.42 Å². The van der Waals surface area contributed by atoms with Crippen LogP contribution in [-0.4, -0.2) is 39.6 Å². The molecule has 1 saturated heterocycles. The fourth-order valence-corrected chi connectivity index (χ4v) is 6.23. The van der Waals surface area contributed by atoms with Crippen molar-refractivity contribution in [1.82, 2.24) is 4.72 Å². The lowest BCUT2D eigenvalue weighted by atomic mass is 10.00. The van der Waals surface area contributed by atoms with E-state index in [0.717, 1.165) is 16.7 Å². The summed E-state index contributed by atoms with van der Waals surface area (Å²) in [5.41, 5.74) is 3.77. The van der Waals surface area contributed by atoms with E-state index in [-0.39, 0.29) is 18.8 Å². The zero-order chi connectivity index (χ0) is 29.0. The van der Waals surface area contributed by atoms with Gasteiger partial charge in [0.05, 0.1) is 38.3 Å². The average Bonchev–Trinajstić information content (AvgIpc) is 3.01. The van der Waals surface area contributed by atoms with E-state index in [1.54, 1.807) is 12.1 Å². The van der Waals surface area contributed by atoms with Crippen LogP contribution in [0.15, 0.2) is 121 Å². The number of nitrogens with one attached hydrogen (secondary N) is 1. The number of sulfonamides is 1. The Morgan fingerprint density at radius 2 is 1.12 bits per heavy atom. The molecule has 7 nitrogen and oxygen atoms in total. The summed E-state index contributed by atoms with van der Waals surface area (Å²) in [5, 5.41) is 0. The third kappa shape index (κ3) is 9.32. The monoisotopic (exact) mass is 587 g/mol. The van der Waals surface area contributed by atoms with Crippen molar-refractivity contribution < 1.29 is 27.4 Å². The van der Waals surface area contributed by atoms with Crippen molar-refractivity contribution in [2.45, 2.75) is 56.5 Å². The minimum atomic E-state index is -3.70. The number of hydrogen-bond donors (Lipinski definition) is 1. The zero-order valence-corrected chi connectivity index (χ0v) is 24.3. The summed E-state index contributed by atoms with van der Waals surface area (Å²) in [6, 6.07) is 38.8. The Morgan fingerprint density at radius 1 is 0.643 bits per heavy atom. The van der Waals surface area contributed by atoms with Gasteiger partial charge in [0, 0.05) is 6.42 Å². The zero-order valence-electron chi connectivity index (χ0n) is 23.5. The van der Waals surface area contributed by atoms with Gasteiger partial charge in [0.25, 0.3) is 0 Å². The quantitative estimate of drug-likeness (QED) is 0.207. The van der Waals surface area contributed by atoms with Crippen molar-refractivity contribution in [3.63, 3.8) is 0 Å². The van der Waals surface area contributed by atoms with Gasteiger partial charge in [-0.1, -0.05) is 121 Å². The number of benzene rings is 4. The fourth-order valence-electron chi connectivity index (χ4n) is 4.96. The first-order chi connectivity index (χ1) is 20.5. The second-order valence-electron chi connectivity index (χ2n) is 10.4. The molecule has 220 valence electrons. The highest BCUT2D eigenvalue weighted by atomic mass is 32.2. The van der Waals surface area contributed by atoms with Gasteiger partial charge in [-0.05, 0) is 22.3 Å². The molecule has 0 spiro atoms. The Hall–Kier alpha value is -3.37. The molecule has 5 rings (SSSR count). The molecule has 0 aliphatic carbocycles. The Morgan fingerprint density at radius 3 is 1.67 bits per heavy atom. The second kappa shape index (κ2) is 15.2. The van der Waals surface area contributed by atoms with Crippen LogP contribution in [0, 0.1) is 0 Å². The average molecular weight is 588 g/mol. The molecule has 1 aliphatic rings. The summed E-state index contributed by atoms with van der Waals surface area (Å²) < 4.78 is 54.4. The fraction of sp³-hybridized carbons (Fsp3) is 0.294. The van der Waals surface area contributed by atoms with Crippen LogP contribution in [0.5, 0.6) is 0 Å². The summed E-state index contributed by atoms with van der Waals surface area (Å²) in [6.45, 7) is 1.32. The van der Waals surface area contributed by atoms with Gasteiger partial charge in [-0.2, -0.15) is 4.72 Å². The molecule has 4 aromatic rings. The van der Waals surface area contributed by atoms with Gasteiger partial charge in [0.1, 0.15) is 18.4 Å². The standard InChI is InChI=1S/C34H37NO6S/c36-42(37,26-30-19-11-4-12-20-30)35-33-21-31(39-23-28-15-7-2-8-16-28)34(40-24-29-17-9-3-10-18-29)32(41-33)25-38-22-27-13-5-1-6-14-27/h1-20,31-35H,21-26H2/t31-,32-,33-,34-/m1/s1. The maximum absolute atomic E-state index is 13.2. The van der Waals surface area contributed by atoms with Gasteiger partial charge >= 0.3 is 0 Å². The van der Waals surface area contributed by atoms with E-state index in [1.807, 2.05) is 109 Å². The molecule has 0 radical (unpaired) electrons. The normalized spacial score (nSPS) is 20.8. The first-order valence-corrected chi connectivity index (χ1v) is 15.8. The van der Waals surface area contributed by atoms with Crippen LogP contribution in [0.3, 0.4) is 0 Å². The predicted molar refractivity (Wildman–Crippen MR) is 162 cm³/mol. The largest absolute Gasteiger partial charge is 0.374 e. The lowest BCUT2D eigenvalue weighted by Gasteiger charge is -2.41. The molecular formula is C34H37NO6S. The molecule has 8 heteroatoms. The van der Waals surface area contributed by atoms with Crippen molar-refractivity contribution in [2.75, 3.05) is 6.61 Å². The summed E-state index contributed by atoms with van der Waals surface area (Å²) in [4.78, 5) is 0. The Labute approximate surface area is 248 Å². The van der Waals surface area contributed by atoms with Gasteiger partial charge in [0.15, 0.2) is 0 Å². The molecule has 0 amide bonds. The summed E-state index contributed by atoms with van der Waals surface area (Å²) in [6.07, 6.45) is -2.02. The van der Waals surface area contributed by atoms with E-state index in [4.69, 9.17) is 18.9 Å². The van der Waals surface area contributed by atoms with Gasteiger partial charge < -0.3 is 18.9 Å². The van der Waals surface area contributed by atoms with Crippen LogP contribution in [0.25, 0.3) is 0 Å². The van der Waals surface area contributed by atoms with E-state index >= 15 is 0 Å². The lowest BCUT2D eigenvalue weighted by Crippen LogP contribution is -2.56. The molecular weight excluding hydrogens is 550 g/mol. The van der Waals surface area contributed by atoms with Gasteiger partial charge in [0.2, 0.25) is 10.0 Å². The molecule has 1 aliphatic heterocycles. The smallest absolute Gasteiger partial charge is 0.217 e. The lowest BCUT2D eigenvalue weighted by molar-refractivity contribution is -0.222. The van der Waals surface area contributed by atoms with Crippen LogP contribution in [-0.2, 0) is 54.5 Å². The van der Waals surface area contributed by atoms with Crippen LogP contribution in [0.4, 0.5) is 0 Å². The Bertz CT molecular complexity index is 1440. The minimum absolute atomic E-state index is 0.146. The molecule has 1 fully saturated rings. The highest BCUT2D eigenvalue weighted by Gasteiger charge is 2.42. The number of hydrogen-bond acceptors (Lipinski definition) is 6. The minimum Gasteiger partial charge on any atom is -0.374 e. The van der Waals surface area contributed by atoms with Crippen molar-refractivity contribution in [3.05, 3.63) is 144 Å². The van der Waals surface area contributed by atoms with Gasteiger partial charge in [-0.3, -0.25) is 0 Å². The topological polar surface area (TPSA) is 83.1 Å². The highest BCUT2D eigenvalue weighted by molar-refractivity contribution is 7.88. The molecule has 4 aromatic carbocycles. The molecule has 1 heterocycles. The van der Waals surface area contributed by atoms with Crippen molar-refractivity contribution in [1.29, 1.82) is 0 Å². The van der Waals surface area contributed by atoms with E-state index in [1.165, 1.54) is 0 Å². The summed E-state index contributed by atoms with van der Waals surface area (Å²) in [7, 11) is -3.70. The van der Waals surface area contributed by atoms with E-state index in [0.29, 0.717) is 25.4 Å². The number of ether oxygens (including phenoxy) is 4. The van der Waals surface area contributed by atoms with Gasteiger partial charge in [-0.15, -0.1) is 0 Å². The molecule has 42 heavy (non-hydrogen) atoms. The van der Waals surface area contributed by atoms with Crippen LogP contribution in [0.2, 0.25) is 0 Å². The van der Waals surface area contributed by atoms with E-state index < -0.39 is 34.6 Å². The first kappa shape index (κ1) is 30.1. The summed E-state index contributed by atoms with van der Waals surface area (Å²) >= 11 is 0. The third-order valence-electron chi connectivity index (χ3n) is 7.01. The molecule has 0 saturated carbocycles. The van der Waals surface area contributed by atoms with Crippen LogP contribution < -0.4 is 4.72 Å². The second-order valence-corrected chi connectivity index (χ2v) is 12.1. The Kier molecular flexibility index (Phi) is 10.9. The maximum atomic E-state index is 13.2. The molecule has 4 atom stereocenters. The van der Waals surface area contributed by atoms with Crippen molar-refractivity contribution >= 4 is 10.0 Å². The van der Waals surface area contributed by atoms with E-state index in [9.17, 15) is 8.42 Å². The van der Waals surface area contributed by atoms with E-state index in [2.05, 4.69) is 4.72 Å². The molecule has 0 unspecified atom stereocenters. The van der Waals surface area contributed by atoms with Crippen LogP contribution in [0.1, 0.15) is 28.7 Å². The van der Waals surface area contributed by atoms with Crippen molar-refractivity contribution in [2.24, 2.45) is 0 Å². The molecule has 0 bridgehead atoms. The highest BCUT2D eigenvalue weighted by Crippen LogP contribution is 2.28. The number of rotatable bonds is 14. The van der Waals surface area contributed by atoms with Crippen LogP contribution >= 0.6 is 0 Å². The van der Waals surface area contributed by atoms with Crippen molar-refractivity contribution in [3.8, 4) is 0 Å². The maximum Gasteiger partial charge on any atom is 0.217 e. The third-order valence-corrected chi connectivity index (χ3v) is 8.35. The Balaban J connectivity index is 1.34.